The van der Waals surface area contributed by atoms with Crippen LogP contribution in [0.2, 0.25) is 0 Å². The molecule has 5 nitrogen and oxygen atoms in total. The van der Waals surface area contributed by atoms with E-state index in [4.69, 9.17) is 4.74 Å². The highest BCUT2D eigenvalue weighted by Gasteiger charge is 2.12. The lowest BCUT2D eigenvalue weighted by atomic mass is 10.2. The molecular formula is C21H17N3O2S2. The molecule has 0 aliphatic carbocycles. The van der Waals surface area contributed by atoms with Gasteiger partial charge in [0, 0.05) is 18.1 Å². The molecule has 0 spiro atoms. The summed E-state index contributed by atoms with van der Waals surface area (Å²) in [5.74, 6) is 0.560. The van der Waals surface area contributed by atoms with Crippen LogP contribution in [0.25, 0.3) is 9.88 Å². The Kier molecular flexibility index (Phi) is 5.75. The summed E-state index contributed by atoms with van der Waals surface area (Å²) in [6.07, 6.45) is 1.74. The number of nitrogens with one attached hydrogen (secondary N) is 1. The van der Waals surface area contributed by atoms with Gasteiger partial charge in [0.25, 0.3) is 5.91 Å². The molecule has 3 heterocycles. The number of carbonyl (C=O) groups is 1. The normalized spacial score (nSPS) is 10.6. The van der Waals surface area contributed by atoms with E-state index in [9.17, 15) is 4.79 Å². The molecule has 4 aromatic rings. The summed E-state index contributed by atoms with van der Waals surface area (Å²) in [5.41, 5.74) is 2.27. The zero-order valence-electron chi connectivity index (χ0n) is 14.9. The third-order valence-electron chi connectivity index (χ3n) is 3.93. The van der Waals surface area contributed by atoms with E-state index in [0.717, 1.165) is 26.9 Å². The zero-order chi connectivity index (χ0) is 19.2. The quantitative estimate of drug-likeness (QED) is 0.479. The summed E-state index contributed by atoms with van der Waals surface area (Å²) >= 11 is 3.09. The predicted octanol–water partition coefficient (Wildman–Crippen LogP) is 4.78. The topological polar surface area (TPSA) is 64.1 Å². The number of aromatic nitrogens is 2. The van der Waals surface area contributed by atoms with Gasteiger partial charge in [-0.3, -0.25) is 9.78 Å². The molecule has 1 aromatic carbocycles. The number of ether oxygens (including phenoxy) is 1. The Morgan fingerprint density at radius 1 is 1.07 bits per heavy atom. The van der Waals surface area contributed by atoms with E-state index in [1.807, 2.05) is 60.0 Å². The second kappa shape index (κ2) is 8.77. The van der Waals surface area contributed by atoms with Crippen molar-refractivity contribution in [2.45, 2.75) is 13.2 Å². The Bertz CT molecular complexity index is 1050. The third kappa shape index (κ3) is 4.62. The van der Waals surface area contributed by atoms with E-state index in [1.54, 1.807) is 22.9 Å². The van der Waals surface area contributed by atoms with Gasteiger partial charge in [-0.05, 0) is 41.3 Å². The highest BCUT2D eigenvalue weighted by molar-refractivity contribution is 7.20. The van der Waals surface area contributed by atoms with Gasteiger partial charge in [-0.2, -0.15) is 0 Å². The van der Waals surface area contributed by atoms with Crippen LogP contribution in [0.4, 0.5) is 0 Å². The largest absolute Gasteiger partial charge is 0.487 e. The average molecular weight is 408 g/mol. The first-order valence-corrected chi connectivity index (χ1v) is 10.4. The van der Waals surface area contributed by atoms with Crippen LogP contribution in [0.3, 0.4) is 0 Å². The van der Waals surface area contributed by atoms with E-state index in [1.165, 1.54) is 11.3 Å². The SMILES string of the molecule is O=C(NCc1cccc(OCc2ccccn2)c1)c1csc(-c2cccs2)n1. The Morgan fingerprint density at radius 2 is 2.04 bits per heavy atom. The molecule has 1 N–H and O–H groups in total. The number of nitrogens with zero attached hydrogens (tertiary/aromatic N) is 2. The second-order valence-corrected chi connectivity index (χ2v) is 7.76. The van der Waals surface area contributed by atoms with Crippen molar-refractivity contribution in [1.82, 2.24) is 15.3 Å². The molecule has 7 heteroatoms. The standard InChI is InChI=1S/C21H17N3O2S2/c25-20(18-14-28-21(24-18)19-8-4-10-27-19)23-12-15-5-3-7-17(11-15)26-13-16-6-1-2-9-22-16/h1-11,14H,12-13H2,(H,23,25). The van der Waals surface area contributed by atoms with Crippen molar-refractivity contribution in [1.29, 1.82) is 0 Å². The second-order valence-electron chi connectivity index (χ2n) is 5.96. The van der Waals surface area contributed by atoms with Gasteiger partial charge in [-0.25, -0.2) is 4.98 Å². The Morgan fingerprint density at radius 3 is 2.86 bits per heavy atom. The number of thiophene rings is 1. The van der Waals surface area contributed by atoms with Crippen molar-refractivity contribution in [3.63, 3.8) is 0 Å². The first-order chi connectivity index (χ1) is 13.8. The van der Waals surface area contributed by atoms with Crippen LogP contribution in [0.1, 0.15) is 21.7 Å². The fourth-order valence-electron chi connectivity index (χ4n) is 2.55. The van der Waals surface area contributed by atoms with Crippen molar-refractivity contribution < 1.29 is 9.53 Å². The number of thiazole rings is 1. The summed E-state index contributed by atoms with van der Waals surface area (Å²) in [6, 6.07) is 17.4. The van der Waals surface area contributed by atoms with E-state index in [-0.39, 0.29) is 5.91 Å². The number of pyridine rings is 1. The summed E-state index contributed by atoms with van der Waals surface area (Å²) in [5, 5.41) is 7.57. The van der Waals surface area contributed by atoms with Crippen LogP contribution >= 0.6 is 22.7 Å². The molecule has 28 heavy (non-hydrogen) atoms. The van der Waals surface area contributed by atoms with Gasteiger partial charge in [0.1, 0.15) is 23.1 Å². The molecule has 3 aromatic heterocycles. The van der Waals surface area contributed by atoms with Gasteiger partial charge in [0.05, 0.1) is 10.6 Å². The van der Waals surface area contributed by atoms with E-state index < -0.39 is 0 Å². The van der Waals surface area contributed by atoms with Crippen LogP contribution in [0, 0.1) is 0 Å². The number of hydrogen-bond donors (Lipinski definition) is 1. The Balaban J connectivity index is 1.34. The van der Waals surface area contributed by atoms with Crippen molar-refractivity contribution in [3.05, 3.63) is 88.5 Å². The molecule has 4 rings (SSSR count). The van der Waals surface area contributed by atoms with Crippen LogP contribution in [-0.4, -0.2) is 15.9 Å². The molecule has 0 saturated heterocycles. The lowest BCUT2D eigenvalue weighted by Gasteiger charge is -2.08. The Hall–Kier alpha value is -3.03. The van der Waals surface area contributed by atoms with Crippen molar-refractivity contribution >= 4 is 28.6 Å². The van der Waals surface area contributed by atoms with Crippen LogP contribution in [-0.2, 0) is 13.2 Å². The molecule has 0 fully saturated rings. The highest BCUT2D eigenvalue weighted by Crippen LogP contribution is 2.27. The lowest BCUT2D eigenvalue weighted by Crippen LogP contribution is -2.23. The van der Waals surface area contributed by atoms with E-state index in [2.05, 4.69) is 15.3 Å². The number of carbonyl (C=O) groups excluding carboxylic acids is 1. The number of amides is 1. The number of hydrogen-bond acceptors (Lipinski definition) is 6. The van der Waals surface area contributed by atoms with Crippen molar-refractivity contribution in [3.8, 4) is 15.6 Å². The molecule has 1 amide bonds. The van der Waals surface area contributed by atoms with Gasteiger partial charge in [-0.15, -0.1) is 22.7 Å². The summed E-state index contributed by atoms with van der Waals surface area (Å²) in [7, 11) is 0. The maximum absolute atomic E-state index is 12.4. The molecule has 140 valence electrons. The van der Waals surface area contributed by atoms with Gasteiger partial charge >= 0.3 is 0 Å². The van der Waals surface area contributed by atoms with Crippen molar-refractivity contribution in [2.75, 3.05) is 0 Å². The van der Waals surface area contributed by atoms with Gasteiger partial charge < -0.3 is 10.1 Å². The maximum atomic E-state index is 12.4. The minimum absolute atomic E-state index is 0.182. The number of rotatable bonds is 7. The van der Waals surface area contributed by atoms with Crippen LogP contribution in [0.5, 0.6) is 5.75 Å². The first-order valence-electron chi connectivity index (χ1n) is 8.67. The van der Waals surface area contributed by atoms with E-state index >= 15 is 0 Å². The minimum Gasteiger partial charge on any atom is -0.487 e. The monoisotopic (exact) mass is 407 g/mol. The van der Waals surface area contributed by atoms with Crippen LogP contribution < -0.4 is 10.1 Å². The van der Waals surface area contributed by atoms with Crippen molar-refractivity contribution in [2.24, 2.45) is 0 Å². The highest BCUT2D eigenvalue weighted by atomic mass is 32.1. The third-order valence-corrected chi connectivity index (χ3v) is 5.81. The smallest absolute Gasteiger partial charge is 0.271 e. The van der Waals surface area contributed by atoms with Gasteiger partial charge in [0.2, 0.25) is 0 Å². The minimum atomic E-state index is -0.182. The molecular weight excluding hydrogens is 390 g/mol. The molecule has 0 aliphatic heterocycles. The lowest BCUT2D eigenvalue weighted by molar-refractivity contribution is 0.0946. The Labute approximate surface area is 170 Å². The van der Waals surface area contributed by atoms with Crippen LogP contribution in [0.15, 0.2) is 71.6 Å². The van der Waals surface area contributed by atoms with Gasteiger partial charge in [0.15, 0.2) is 0 Å². The fraction of sp³-hybridized carbons (Fsp3) is 0.0952. The van der Waals surface area contributed by atoms with Gasteiger partial charge in [-0.1, -0.05) is 24.3 Å². The molecule has 0 bridgehead atoms. The first kappa shape index (κ1) is 18.3. The summed E-state index contributed by atoms with van der Waals surface area (Å²) in [4.78, 5) is 22.1. The zero-order valence-corrected chi connectivity index (χ0v) is 16.5. The summed E-state index contributed by atoms with van der Waals surface area (Å²) in [6.45, 7) is 0.812. The molecule has 0 radical (unpaired) electrons. The molecule has 0 aliphatic rings. The molecule has 0 unspecified atom stereocenters. The molecule has 0 saturated carbocycles. The fourth-order valence-corrected chi connectivity index (χ4v) is 4.16. The molecule has 0 atom stereocenters. The number of benzene rings is 1. The predicted molar refractivity (Wildman–Crippen MR) is 112 cm³/mol. The average Bonchev–Trinajstić information content (AvgIpc) is 3.43. The van der Waals surface area contributed by atoms with E-state index in [0.29, 0.717) is 18.8 Å². The maximum Gasteiger partial charge on any atom is 0.271 e. The summed E-state index contributed by atoms with van der Waals surface area (Å²) < 4.78 is 5.78.